The molecular formula is C19H28N2OS. The molecular weight excluding hydrogens is 304 g/mol. The second-order valence-corrected chi connectivity index (χ2v) is 8.49. The summed E-state index contributed by atoms with van der Waals surface area (Å²) in [6.45, 7) is 7.69. The zero-order chi connectivity index (χ0) is 16.9. The van der Waals surface area contributed by atoms with E-state index in [2.05, 4.69) is 31.6 Å². The van der Waals surface area contributed by atoms with Crippen LogP contribution in [-0.4, -0.2) is 16.9 Å². The lowest BCUT2D eigenvalue weighted by Crippen LogP contribution is -2.35. The van der Waals surface area contributed by atoms with Gasteiger partial charge in [-0.05, 0) is 43.6 Å². The van der Waals surface area contributed by atoms with Gasteiger partial charge >= 0.3 is 0 Å². The first-order valence-corrected chi connectivity index (χ1v) is 9.44. The van der Waals surface area contributed by atoms with Gasteiger partial charge in [0.2, 0.25) is 0 Å². The third-order valence-electron chi connectivity index (χ3n) is 4.94. The molecule has 4 heteroatoms. The Morgan fingerprint density at radius 1 is 1.30 bits per heavy atom. The molecule has 1 aromatic rings. The van der Waals surface area contributed by atoms with Gasteiger partial charge in [-0.3, -0.25) is 4.72 Å². The third kappa shape index (κ3) is 4.73. The Hall–Kier alpha value is -1.02. The van der Waals surface area contributed by atoms with Crippen LogP contribution in [0.4, 0.5) is 0 Å². The third-order valence-corrected chi connectivity index (χ3v) is 5.74. The zero-order valence-electron chi connectivity index (χ0n) is 14.4. The van der Waals surface area contributed by atoms with Crippen molar-refractivity contribution in [2.24, 2.45) is 11.8 Å². The van der Waals surface area contributed by atoms with Crippen LogP contribution in [0.25, 0.3) is 0 Å². The van der Waals surface area contributed by atoms with Crippen LogP contribution in [0.5, 0.6) is 0 Å². The van der Waals surface area contributed by atoms with E-state index in [1.165, 1.54) is 0 Å². The van der Waals surface area contributed by atoms with E-state index in [1.807, 2.05) is 18.2 Å². The average molecular weight is 333 g/mol. The highest BCUT2D eigenvalue weighted by atomic mass is 32.2. The minimum Gasteiger partial charge on any atom is -0.385 e. The lowest BCUT2D eigenvalue weighted by Gasteiger charge is -2.39. The molecule has 0 saturated heterocycles. The van der Waals surface area contributed by atoms with Crippen molar-refractivity contribution in [1.29, 1.82) is 5.26 Å². The number of nitrogens with zero attached hydrogens (tertiary/aromatic N) is 1. The number of benzene rings is 1. The molecule has 1 atom stereocenters. The fraction of sp³-hybridized carbons (Fsp3) is 0.632. The molecule has 1 aromatic carbocycles. The number of hydrogen-bond acceptors (Lipinski definition) is 4. The summed E-state index contributed by atoms with van der Waals surface area (Å²) in [5, 5.41) is 20.9. The normalized spacial score (nSPS) is 26.0. The summed E-state index contributed by atoms with van der Waals surface area (Å²) in [6.07, 6.45) is 3.53. The van der Waals surface area contributed by atoms with Gasteiger partial charge < -0.3 is 5.11 Å². The van der Waals surface area contributed by atoms with Gasteiger partial charge in [0.05, 0.1) is 17.2 Å². The van der Waals surface area contributed by atoms with E-state index in [9.17, 15) is 10.4 Å². The van der Waals surface area contributed by atoms with E-state index in [-0.39, 0.29) is 0 Å². The standard InChI is InChI=1S/C19H28N2OS/c1-14(2)23-21-13-15(3)16-8-10-19(22,11-9-16)18-7-5-4-6-17(18)12-20/h4-7,14-16,21-22H,8-11,13H2,1-3H3. The van der Waals surface area contributed by atoms with E-state index in [0.29, 0.717) is 22.6 Å². The Balaban J connectivity index is 1.93. The molecule has 1 saturated carbocycles. The van der Waals surface area contributed by atoms with Crippen molar-refractivity contribution < 1.29 is 5.11 Å². The fourth-order valence-electron chi connectivity index (χ4n) is 3.46. The second-order valence-electron chi connectivity index (χ2n) is 7.02. The van der Waals surface area contributed by atoms with Gasteiger partial charge in [-0.15, -0.1) is 0 Å². The molecule has 23 heavy (non-hydrogen) atoms. The van der Waals surface area contributed by atoms with Crippen molar-refractivity contribution in [3.8, 4) is 6.07 Å². The molecule has 2 N–H and O–H groups in total. The molecule has 1 aliphatic carbocycles. The van der Waals surface area contributed by atoms with Crippen LogP contribution in [0.1, 0.15) is 57.6 Å². The average Bonchev–Trinajstić information content (AvgIpc) is 2.55. The van der Waals surface area contributed by atoms with E-state index in [0.717, 1.165) is 37.8 Å². The van der Waals surface area contributed by atoms with Crippen molar-refractivity contribution in [2.75, 3.05) is 6.54 Å². The first kappa shape index (κ1) is 18.3. The Labute approximate surface area is 144 Å². The maximum Gasteiger partial charge on any atom is 0.0995 e. The molecule has 2 rings (SSSR count). The van der Waals surface area contributed by atoms with Crippen LogP contribution in [0.3, 0.4) is 0 Å². The highest BCUT2D eigenvalue weighted by Crippen LogP contribution is 2.42. The lowest BCUT2D eigenvalue weighted by molar-refractivity contribution is -0.0208. The van der Waals surface area contributed by atoms with Crippen molar-refractivity contribution in [2.45, 2.75) is 57.3 Å². The Morgan fingerprint density at radius 3 is 2.57 bits per heavy atom. The maximum absolute atomic E-state index is 11.0. The molecule has 1 unspecified atom stereocenters. The van der Waals surface area contributed by atoms with Crippen molar-refractivity contribution in [1.82, 2.24) is 4.72 Å². The largest absolute Gasteiger partial charge is 0.385 e. The van der Waals surface area contributed by atoms with Crippen LogP contribution in [0.15, 0.2) is 24.3 Å². The minimum atomic E-state index is -0.831. The van der Waals surface area contributed by atoms with Gasteiger partial charge in [0.25, 0.3) is 0 Å². The van der Waals surface area contributed by atoms with Gasteiger partial charge in [0, 0.05) is 17.4 Å². The number of nitriles is 1. The Kier molecular flexibility index (Phi) is 6.52. The van der Waals surface area contributed by atoms with E-state index < -0.39 is 5.60 Å². The molecule has 126 valence electrons. The van der Waals surface area contributed by atoms with Gasteiger partial charge in [-0.2, -0.15) is 5.26 Å². The smallest absolute Gasteiger partial charge is 0.0995 e. The summed E-state index contributed by atoms with van der Waals surface area (Å²) in [7, 11) is 0. The lowest BCUT2D eigenvalue weighted by atomic mass is 9.71. The summed E-state index contributed by atoms with van der Waals surface area (Å²) in [6, 6.07) is 9.70. The van der Waals surface area contributed by atoms with Crippen LogP contribution in [-0.2, 0) is 5.60 Å². The second kappa shape index (κ2) is 8.19. The number of aliphatic hydroxyl groups is 1. The predicted octanol–water partition coefficient (Wildman–Crippen LogP) is 4.22. The first-order chi connectivity index (χ1) is 11.0. The first-order valence-electron chi connectivity index (χ1n) is 8.57. The van der Waals surface area contributed by atoms with Crippen LogP contribution in [0.2, 0.25) is 0 Å². The molecule has 0 aliphatic heterocycles. The van der Waals surface area contributed by atoms with Gasteiger partial charge in [0.1, 0.15) is 0 Å². The highest BCUT2D eigenvalue weighted by molar-refractivity contribution is 7.97. The fourth-order valence-corrected chi connectivity index (χ4v) is 4.15. The van der Waals surface area contributed by atoms with Gasteiger partial charge in [0.15, 0.2) is 0 Å². The molecule has 0 bridgehead atoms. The molecule has 0 amide bonds. The molecule has 1 aliphatic rings. The predicted molar refractivity (Wildman–Crippen MR) is 96.9 cm³/mol. The van der Waals surface area contributed by atoms with Crippen molar-refractivity contribution >= 4 is 11.9 Å². The maximum atomic E-state index is 11.0. The SMILES string of the molecule is CC(C)SNCC(C)C1CCC(O)(c2ccccc2C#N)CC1. The molecule has 0 spiro atoms. The minimum absolute atomic E-state index is 0.598. The van der Waals surface area contributed by atoms with Crippen molar-refractivity contribution in [3.63, 3.8) is 0 Å². The highest BCUT2D eigenvalue weighted by Gasteiger charge is 2.37. The Bertz CT molecular complexity index is 545. The van der Waals surface area contributed by atoms with Gasteiger partial charge in [-0.25, -0.2) is 0 Å². The zero-order valence-corrected chi connectivity index (χ0v) is 15.2. The van der Waals surface area contributed by atoms with Crippen molar-refractivity contribution in [3.05, 3.63) is 35.4 Å². The molecule has 0 radical (unpaired) electrons. The summed E-state index contributed by atoms with van der Waals surface area (Å²) in [4.78, 5) is 0. The summed E-state index contributed by atoms with van der Waals surface area (Å²) in [5.41, 5.74) is 0.585. The van der Waals surface area contributed by atoms with Gasteiger partial charge in [-0.1, -0.05) is 50.9 Å². The van der Waals surface area contributed by atoms with Crippen LogP contribution < -0.4 is 4.72 Å². The number of rotatable bonds is 6. The van der Waals surface area contributed by atoms with Crippen LogP contribution >= 0.6 is 11.9 Å². The molecule has 0 aromatic heterocycles. The molecule has 3 nitrogen and oxygen atoms in total. The topological polar surface area (TPSA) is 56.0 Å². The molecule has 1 fully saturated rings. The summed E-state index contributed by atoms with van der Waals surface area (Å²) >= 11 is 1.79. The van der Waals surface area contributed by atoms with Crippen LogP contribution in [0, 0.1) is 23.2 Å². The number of hydrogen-bond donors (Lipinski definition) is 2. The quantitative estimate of drug-likeness (QED) is 0.766. The summed E-state index contributed by atoms with van der Waals surface area (Å²) in [5.74, 6) is 1.25. The summed E-state index contributed by atoms with van der Waals surface area (Å²) < 4.78 is 3.46. The number of nitrogens with one attached hydrogen (secondary N) is 1. The van der Waals surface area contributed by atoms with E-state index in [4.69, 9.17) is 0 Å². The Morgan fingerprint density at radius 2 is 1.96 bits per heavy atom. The van der Waals surface area contributed by atoms with E-state index >= 15 is 0 Å². The molecule has 0 heterocycles. The van der Waals surface area contributed by atoms with E-state index in [1.54, 1.807) is 18.0 Å². The monoisotopic (exact) mass is 332 g/mol.